The van der Waals surface area contributed by atoms with Crippen LogP contribution in [0, 0.1) is 0 Å². The molecule has 0 saturated carbocycles. The van der Waals surface area contributed by atoms with Crippen LogP contribution in [0.25, 0.3) is 9.40 Å². The minimum absolute atomic E-state index is 0.225. The molecular weight excluding hydrogens is 347 g/mol. The smallest absolute Gasteiger partial charge is 0.399 e. The number of aryl methyl sites for hydroxylation is 1. The van der Waals surface area contributed by atoms with Gasteiger partial charge in [0.2, 0.25) is 0 Å². The fourth-order valence-corrected chi connectivity index (χ4v) is 5.62. The molecule has 1 aliphatic heterocycles. The molecule has 3 rings (SSSR count). The van der Waals surface area contributed by atoms with Gasteiger partial charge in [-0.2, -0.15) is 0 Å². The van der Waals surface area contributed by atoms with Crippen LogP contribution in [0.15, 0.2) is 12.1 Å². The fourth-order valence-electron chi connectivity index (χ4n) is 3.18. The van der Waals surface area contributed by atoms with Crippen molar-refractivity contribution in [1.82, 2.24) is 0 Å². The van der Waals surface area contributed by atoms with Crippen LogP contribution in [0.2, 0.25) is 0 Å². The summed E-state index contributed by atoms with van der Waals surface area (Å²) in [6, 6.07) is 4.66. The lowest BCUT2D eigenvalue weighted by molar-refractivity contribution is 0.00578. The van der Waals surface area contributed by atoms with E-state index in [2.05, 4.69) is 46.8 Å². The van der Waals surface area contributed by atoms with E-state index in [1.807, 2.05) is 22.7 Å². The van der Waals surface area contributed by atoms with Crippen molar-refractivity contribution in [2.24, 2.45) is 0 Å². The molecule has 3 heterocycles. The second-order valence-corrected chi connectivity index (χ2v) is 10.5. The van der Waals surface area contributed by atoms with Crippen LogP contribution in [0.1, 0.15) is 78.0 Å². The van der Waals surface area contributed by atoms with Crippen LogP contribution in [-0.2, 0) is 15.7 Å². The van der Waals surface area contributed by atoms with Crippen molar-refractivity contribution >= 4 is 44.0 Å². The van der Waals surface area contributed by atoms with Crippen molar-refractivity contribution in [2.75, 3.05) is 0 Å². The molecule has 0 unspecified atom stereocenters. The minimum atomic E-state index is -0.266. The molecule has 0 amide bonds. The second kappa shape index (κ2) is 7.71. The molecule has 5 heteroatoms. The minimum Gasteiger partial charge on any atom is -0.399 e. The van der Waals surface area contributed by atoms with Crippen molar-refractivity contribution in [3.05, 3.63) is 17.0 Å². The third-order valence-corrected chi connectivity index (χ3v) is 7.91. The number of hydrogen-bond donors (Lipinski definition) is 0. The summed E-state index contributed by atoms with van der Waals surface area (Å²) in [6.45, 7) is 10.7. The van der Waals surface area contributed by atoms with Crippen molar-refractivity contribution < 1.29 is 9.31 Å². The van der Waals surface area contributed by atoms with Gasteiger partial charge in [0.25, 0.3) is 0 Å². The maximum absolute atomic E-state index is 6.18. The van der Waals surface area contributed by atoms with Crippen molar-refractivity contribution in [2.45, 2.75) is 90.8 Å². The van der Waals surface area contributed by atoms with Crippen molar-refractivity contribution in [3.8, 4) is 0 Å². The maximum atomic E-state index is 6.18. The molecule has 0 N–H and O–H groups in total. The number of fused-ring (bicyclic) bond motifs is 1. The standard InChI is InChI=1S/C20H31BO2S2/c1-6-7-8-9-10-11-12-15-13-16-17(24-15)14-18(25-16)21-22-19(2,3)20(4,5)23-21/h13-14H,6-12H2,1-5H3. The average molecular weight is 378 g/mol. The molecular formula is C20H31BO2S2. The lowest BCUT2D eigenvalue weighted by Gasteiger charge is -2.32. The Hall–Kier alpha value is -0.355. The van der Waals surface area contributed by atoms with Gasteiger partial charge in [0.15, 0.2) is 0 Å². The lowest BCUT2D eigenvalue weighted by Crippen LogP contribution is -2.41. The predicted molar refractivity (Wildman–Crippen MR) is 112 cm³/mol. The van der Waals surface area contributed by atoms with Gasteiger partial charge < -0.3 is 9.31 Å². The van der Waals surface area contributed by atoms with E-state index in [4.69, 9.17) is 9.31 Å². The van der Waals surface area contributed by atoms with E-state index in [0.717, 1.165) is 0 Å². The molecule has 2 nitrogen and oxygen atoms in total. The van der Waals surface area contributed by atoms with Gasteiger partial charge in [0, 0.05) is 19.1 Å². The molecule has 0 bridgehead atoms. The van der Waals surface area contributed by atoms with Gasteiger partial charge in [-0.25, -0.2) is 0 Å². The van der Waals surface area contributed by atoms with Gasteiger partial charge in [0.1, 0.15) is 0 Å². The Bertz CT molecular complexity index is 654. The Morgan fingerprint density at radius 1 is 0.840 bits per heavy atom. The molecule has 1 aliphatic rings. The summed E-state index contributed by atoms with van der Waals surface area (Å²) in [6.07, 6.45) is 9.41. The third-order valence-electron chi connectivity index (χ3n) is 5.54. The summed E-state index contributed by atoms with van der Waals surface area (Å²) in [5.74, 6) is 0. The van der Waals surface area contributed by atoms with E-state index in [9.17, 15) is 0 Å². The van der Waals surface area contributed by atoms with Crippen LogP contribution in [0.4, 0.5) is 0 Å². The summed E-state index contributed by atoms with van der Waals surface area (Å²) in [5.41, 5.74) is -0.532. The maximum Gasteiger partial charge on any atom is 0.505 e. The first-order chi connectivity index (χ1) is 11.8. The topological polar surface area (TPSA) is 18.5 Å². The zero-order valence-electron chi connectivity index (χ0n) is 16.3. The molecule has 0 aliphatic carbocycles. The molecule has 2 aromatic heterocycles. The van der Waals surface area contributed by atoms with Crippen LogP contribution in [-0.4, -0.2) is 18.3 Å². The number of hydrogen-bond acceptors (Lipinski definition) is 4. The van der Waals surface area contributed by atoms with Gasteiger partial charge in [-0.1, -0.05) is 39.0 Å². The zero-order chi connectivity index (χ0) is 18.1. The molecule has 0 aromatic carbocycles. The normalized spacial score (nSPS) is 19.2. The SMILES string of the molecule is CCCCCCCCc1cc2sc(B3OC(C)(C)C(C)(C)O3)cc2s1. The van der Waals surface area contributed by atoms with E-state index in [1.165, 1.54) is 64.0 Å². The van der Waals surface area contributed by atoms with E-state index < -0.39 is 0 Å². The van der Waals surface area contributed by atoms with Gasteiger partial charge in [0.05, 0.1) is 11.2 Å². The van der Waals surface area contributed by atoms with E-state index in [0.29, 0.717) is 0 Å². The summed E-state index contributed by atoms with van der Waals surface area (Å²) in [4.78, 5) is 1.53. The van der Waals surface area contributed by atoms with Gasteiger partial charge >= 0.3 is 7.12 Å². The molecule has 0 radical (unpaired) electrons. The van der Waals surface area contributed by atoms with Crippen LogP contribution in [0.3, 0.4) is 0 Å². The molecule has 25 heavy (non-hydrogen) atoms. The quantitative estimate of drug-likeness (QED) is 0.404. The predicted octanol–water partition coefficient (Wildman–Crippen LogP) is 6.17. The van der Waals surface area contributed by atoms with Gasteiger partial charge in [-0.05, 0) is 52.7 Å². The summed E-state index contributed by atoms with van der Waals surface area (Å²) < 4.78 is 16.3. The van der Waals surface area contributed by atoms with Crippen molar-refractivity contribution in [3.63, 3.8) is 0 Å². The Labute approximate surface area is 161 Å². The Balaban J connectivity index is 1.57. The molecule has 1 saturated heterocycles. The molecule has 0 atom stereocenters. The fraction of sp³-hybridized carbons (Fsp3) is 0.700. The summed E-state index contributed by atoms with van der Waals surface area (Å²) in [7, 11) is -0.225. The lowest BCUT2D eigenvalue weighted by atomic mass is 9.88. The van der Waals surface area contributed by atoms with Crippen LogP contribution in [0.5, 0.6) is 0 Å². The van der Waals surface area contributed by atoms with Crippen LogP contribution >= 0.6 is 22.7 Å². The monoisotopic (exact) mass is 378 g/mol. The summed E-state index contributed by atoms with van der Waals surface area (Å²) >= 11 is 3.77. The van der Waals surface area contributed by atoms with E-state index >= 15 is 0 Å². The molecule has 138 valence electrons. The number of rotatable bonds is 8. The Kier molecular flexibility index (Phi) is 5.99. The first-order valence-electron chi connectivity index (χ1n) is 9.70. The third kappa shape index (κ3) is 4.32. The number of unbranched alkanes of at least 4 members (excludes halogenated alkanes) is 5. The highest BCUT2D eigenvalue weighted by molar-refractivity contribution is 7.33. The van der Waals surface area contributed by atoms with Gasteiger partial charge in [-0.3, -0.25) is 0 Å². The largest absolute Gasteiger partial charge is 0.505 e. The summed E-state index contributed by atoms with van der Waals surface area (Å²) in [5, 5.41) is 0. The number of thiophene rings is 2. The first kappa shape index (κ1) is 19.4. The van der Waals surface area contributed by atoms with E-state index in [-0.39, 0.29) is 18.3 Å². The molecule has 0 spiro atoms. The molecule has 1 fully saturated rings. The Morgan fingerprint density at radius 2 is 1.44 bits per heavy atom. The second-order valence-electron chi connectivity index (χ2n) is 8.20. The molecule has 2 aromatic rings. The van der Waals surface area contributed by atoms with Crippen molar-refractivity contribution in [1.29, 1.82) is 0 Å². The highest BCUT2D eigenvalue weighted by atomic mass is 32.1. The van der Waals surface area contributed by atoms with Gasteiger partial charge in [-0.15, -0.1) is 22.7 Å². The average Bonchev–Trinajstić information content (AvgIpc) is 3.13. The highest BCUT2D eigenvalue weighted by Crippen LogP contribution is 2.38. The zero-order valence-corrected chi connectivity index (χ0v) is 17.9. The Morgan fingerprint density at radius 3 is 2.08 bits per heavy atom. The van der Waals surface area contributed by atoms with Crippen LogP contribution < -0.4 is 4.78 Å². The first-order valence-corrected chi connectivity index (χ1v) is 11.3. The van der Waals surface area contributed by atoms with E-state index in [1.54, 1.807) is 0 Å². The highest BCUT2D eigenvalue weighted by Gasteiger charge is 2.52.